The van der Waals surface area contributed by atoms with Crippen LogP contribution in [0.2, 0.25) is 0 Å². The molecule has 0 atom stereocenters. The molecule has 5 heteroatoms. The van der Waals surface area contributed by atoms with E-state index in [1.54, 1.807) is 4.90 Å². The molecule has 0 aliphatic carbocycles. The molecule has 1 amide bonds. The third-order valence-corrected chi connectivity index (χ3v) is 3.34. The molecule has 1 aromatic carbocycles. The molecule has 0 saturated carbocycles. The van der Waals surface area contributed by atoms with E-state index in [1.807, 2.05) is 45.2 Å². The van der Waals surface area contributed by atoms with E-state index in [1.165, 1.54) is 17.6 Å². The van der Waals surface area contributed by atoms with E-state index >= 15 is 0 Å². The summed E-state index contributed by atoms with van der Waals surface area (Å²) in [6.45, 7) is 7.58. The number of nitrogens with zero attached hydrogens (tertiary/aromatic N) is 1. The Morgan fingerprint density at radius 3 is 2.45 bits per heavy atom. The zero-order chi connectivity index (χ0) is 16.4. The number of ether oxygens (including phenoxy) is 1. The zero-order valence-electron chi connectivity index (χ0n) is 14.0. The maximum atomic E-state index is 12.3. The van der Waals surface area contributed by atoms with Crippen LogP contribution in [-0.4, -0.2) is 42.5 Å². The van der Waals surface area contributed by atoms with Gasteiger partial charge in [-0.2, -0.15) is 0 Å². The van der Waals surface area contributed by atoms with E-state index in [0.29, 0.717) is 19.7 Å². The van der Waals surface area contributed by atoms with Crippen molar-refractivity contribution in [1.29, 1.82) is 0 Å². The van der Waals surface area contributed by atoms with Crippen molar-refractivity contribution in [1.82, 2.24) is 4.90 Å². The highest BCUT2D eigenvalue weighted by Gasteiger charge is 2.21. The molecular weight excluding hydrogens is 298 g/mol. The second kappa shape index (κ2) is 9.74. The van der Waals surface area contributed by atoms with Crippen LogP contribution in [0.1, 0.15) is 32.8 Å². The number of benzene rings is 1. The third kappa shape index (κ3) is 8.29. The Morgan fingerprint density at radius 2 is 1.86 bits per heavy atom. The monoisotopic (exact) mass is 325 g/mol. The standard InChI is InChI=1S/C17H27NO3S/c1-17(2,3)21-16(19)18(12-8-14-20-22-4)13-11-15-9-6-5-7-10-15/h5-7,9-10H,8,11-14H2,1-4H3. The Hall–Kier alpha value is -1.20. The SMILES string of the molecule is CSOCCCN(CCc1ccccc1)C(=O)OC(C)(C)C. The van der Waals surface area contributed by atoms with E-state index in [-0.39, 0.29) is 6.09 Å². The fourth-order valence-corrected chi connectivity index (χ4v) is 2.21. The van der Waals surface area contributed by atoms with Crippen LogP contribution < -0.4 is 0 Å². The molecule has 0 heterocycles. The fourth-order valence-electron chi connectivity index (χ4n) is 1.93. The maximum absolute atomic E-state index is 12.3. The smallest absolute Gasteiger partial charge is 0.410 e. The quantitative estimate of drug-likeness (QED) is 0.531. The molecule has 0 unspecified atom stereocenters. The van der Waals surface area contributed by atoms with Gasteiger partial charge in [-0.05, 0) is 51.2 Å². The molecular formula is C17H27NO3S. The van der Waals surface area contributed by atoms with Crippen molar-refractivity contribution >= 4 is 18.1 Å². The molecule has 0 spiro atoms. The Morgan fingerprint density at radius 1 is 1.18 bits per heavy atom. The highest BCUT2D eigenvalue weighted by molar-refractivity contribution is 7.93. The van der Waals surface area contributed by atoms with Crippen LogP contribution in [0.15, 0.2) is 30.3 Å². The zero-order valence-corrected chi connectivity index (χ0v) is 14.8. The van der Waals surface area contributed by atoms with Gasteiger partial charge in [0, 0.05) is 19.3 Å². The summed E-state index contributed by atoms with van der Waals surface area (Å²) < 4.78 is 10.8. The average molecular weight is 325 g/mol. The van der Waals surface area contributed by atoms with Gasteiger partial charge in [0.15, 0.2) is 0 Å². The summed E-state index contributed by atoms with van der Waals surface area (Å²) in [7, 11) is 0. The topological polar surface area (TPSA) is 38.8 Å². The van der Waals surface area contributed by atoms with Gasteiger partial charge in [0.1, 0.15) is 5.60 Å². The van der Waals surface area contributed by atoms with Gasteiger partial charge in [0.2, 0.25) is 0 Å². The summed E-state index contributed by atoms with van der Waals surface area (Å²) in [5, 5.41) is 0. The number of carbonyl (C=O) groups excluding carboxylic acids is 1. The lowest BCUT2D eigenvalue weighted by molar-refractivity contribution is 0.0245. The normalized spacial score (nSPS) is 11.3. The Labute approximate surface area is 138 Å². The third-order valence-electron chi connectivity index (χ3n) is 2.94. The maximum Gasteiger partial charge on any atom is 0.410 e. The van der Waals surface area contributed by atoms with Crippen LogP contribution in [0.5, 0.6) is 0 Å². The summed E-state index contributed by atoms with van der Waals surface area (Å²) in [4.78, 5) is 14.1. The second-order valence-corrected chi connectivity index (χ2v) is 6.61. The summed E-state index contributed by atoms with van der Waals surface area (Å²) >= 11 is 1.35. The summed E-state index contributed by atoms with van der Waals surface area (Å²) in [6, 6.07) is 10.2. The highest BCUT2D eigenvalue weighted by atomic mass is 32.2. The molecule has 0 radical (unpaired) electrons. The van der Waals surface area contributed by atoms with E-state index in [0.717, 1.165) is 12.8 Å². The van der Waals surface area contributed by atoms with E-state index in [9.17, 15) is 4.79 Å². The van der Waals surface area contributed by atoms with Crippen molar-refractivity contribution in [2.75, 3.05) is 26.0 Å². The van der Waals surface area contributed by atoms with Crippen LogP contribution in [0, 0.1) is 0 Å². The molecule has 0 bridgehead atoms. The number of amides is 1. The number of hydrogen-bond donors (Lipinski definition) is 0. The first kappa shape index (κ1) is 18.8. The molecule has 4 nitrogen and oxygen atoms in total. The van der Waals surface area contributed by atoms with Gasteiger partial charge in [-0.25, -0.2) is 4.79 Å². The molecule has 124 valence electrons. The molecule has 0 fully saturated rings. The lowest BCUT2D eigenvalue weighted by Crippen LogP contribution is -2.38. The summed E-state index contributed by atoms with van der Waals surface area (Å²) in [6.07, 6.45) is 3.26. The van der Waals surface area contributed by atoms with Gasteiger partial charge in [0.05, 0.1) is 6.61 Å². The summed E-state index contributed by atoms with van der Waals surface area (Å²) in [5.41, 5.74) is 0.745. The highest BCUT2D eigenvalue weighted by Crippen LogP contribution is 2.11. The van der Waals surface area contributed by atoms with Crippen LogP contribution in [0.25, 0.3) is 0 Å². The average Bonchev–Trinajstić information content (AvgIpc) is 2.45. The predicted molar refractivity (Wildman–Crippen MR) is 92.0 cm³/mol. The van der Waals surface area contributed by atoms with Crippen LogP contribution in [-0.2, 0) is 15.3 Å². The van der Waals surface area contributed by atoms with E-state index in [4.69, 9.17) is 8.92 Å². The molecule has 1 aromatic rings. The largest absolute Gasteiger partial charge is 0.444 e. The summed E-state index contributed by atoms with van der Waals surface area (Å²) in [5.74, 6) is 0. The predicted octanol–water partition coefficient (Wildman–Crippen LogP) is 4.15. The molecule has 0 aromatic heterocycles. The number of hydrogen-bond acceptors (Lipinski definition) is 4. The lowest BCUT2D eigenvalue weighted by Gasteiger charge is -2.27. The minimum atomic E-state index is -0.474. The van der Waals surface area contributed by atoms with E-state index in [2.05, 4.69) is 12.1 Å². The molecule has 0 saturated heterocycles. The van der Waals surface area contributed by atoms with Crippen molar-refractivity contribution in [2.45, 2.75) is 39.2 Å². The van der Waals surface area contributed by atoms with Crippen molar-refractivity contribution < 1.29 is 13.7 Å². The first-order valence-electron chi connectivity index (χ1n) is 7.60. The fraction of sp³-hybridized carbons (Fsp3) is 0.588. The van der Waals surface area contributed by atoms with Gasteiger partial charge < -0.3 is 13.8 Å². The first-order chi connectivity index (χ1) is 10.4. The van der Waals surface area contributed by atoms with Crippen molar-refractivity contribution in [3.8, 4) is 0 Å². The molecule has 22 heavy (non-hydrogen) atoms. The Balaban J connectivity index is 2.54. The first-order valence-corrected chi connectivity index (χ1v) is 8.75. The minimum absolute atomic E-state index is 0.257. The Bertz CT molecular complexity index is 431. The van der Waals surface area contributed by atoms with Crippen molar-refractivity contribution in [2.24, 2.45) is 0 Å². The van der Waals surface area contributed by atoms with E-state index < -0.39 is 5.60 Å². The van der Waals surface area contributed by atoms with Crippen LogP contribution >= 0.6 is 12.0 Å². The molecule has 0 aliphatic heterocycles. The number of rotatable bonds is 8. The lowest BCUT2D eigenvalue weighted by atomic mass is 10.1. The second-order valence-electron chi connectivity index (χ2n) is 6.05. The van der Waals surface area contributed by atoms with Crippen molar-refractivity contribution in [3.05, 3.63) is 35.9 Å². The van der Waals surface area contributed by atoms with Gasteiger partial charge in [0.25, 0.3) is 0 Å². The number of carbonyl (C=O) groups is 1. The molecule has 0 N–H and O–H groups in total. The van der Waals surface area contributed by atoms with Crippen molar-refractivity contribution in [3.63, 3.8) is 0 Å². The minimum Gasteiger partial charge on any atom is -0.444 e. The van der Waals surface area contributed by atoms with Gasteiger partial charge in [-0.15, -0.1) is 0 Å². The van der Waals surface area contributed by atoms with Gasteiger partial charge >= 0.3 is 6.09 Å². The van der Waals surface area contributed by atoms with Gasteiger partial charge in [-0.3, -0.25) is 0 Å². The molecule has 0 aliphatic rings. The Kier molecular flexibility index (Phi) is 8.35. The molecule has 1 rings (SSSR count). The van der Waals surface area contributed by atoms with Gasteiger partial charge in [-0.1, -0.05) is 30.3 Å². The van der Waals surface area contributed by atoms with Crippen LogP contribution in [0.3, 0.4) is 0 Å². The van der Waals surface area contributed by atoms with Crippen LogP contribution in [0.4, 0.5) is 4.79 Å².